The number of thiophene rings is 1. The smallest absolute Gasteiger partial charge is 0.220 e. The molecule has 2 atom stereocenters. The van der Waals surface area contributed by atoms with Gasteiger partial charge in [0.1, 0.15) is 11.4 Å². The van der Waals surface area contributed by atoms with E-state index in [0.29, 0.717) is 13.0 Å². The van der Waals surface area contributed by atoms with E-state index in [4.69, 9.17) is 4.74 Å². The number of carbonyl (C=O) groups excluding carboxylic acids is 1. The van der Waals surface area contributed by atoms with E-state index in [2.05, 4.69) is 5.32 Å². The molecular weight excluding hydrogens is 310 g/mol. The van der Waals surface area contributed by atoms with Gasteiger partial charge in [0.25, 0.3) is 0 Å². The molecule has 1 aliphatic rings. The number of carbonyl (C=O) groups is 1. The zero-order valence-corrected chi connectivity index (χ0v) is 13.9. The first kappa shape index (κ1) is 16.0. The van der Waals surface area contributed by atoms with Crippen molar-refractivity contribution >= 4 is 17.2 Å². The summed E-state index contributed by atoms with van der Waals surface area (Å²) >= 11 is 1.53. The van der Waals surface area contributed by atoms with Crippen molar-refractivity contribution in [2.75, 3.05) is 13.2 Å². The van der Waals surface area contributed by atoms with E-state index >= 15 is 0 Å². The molecule has 5 heteroatoms. The fourth-order valence-electron chi connectivity index (χ4n) is 2.87. The highest BCUT2D eigenvalue weighted by Gasteiger charge is 2.27. The normalized spacial score (nSPS) is 19.3. The molecule has 3 rings (SSSR count). The number of hydrogen-bond acceptors (Lipinski definition) is 4. The average Bonchev–Trinajstić information content (AvgIpc) is 3.09. The lowest BCUT2D eigenvalue weighted by molar-refractivity contribution is -0.122. The molecule has 23 heavy (non-hydrogen) atoms. The number of aliphatic hydroxyl groups is 1. The van der Waals surface area contributed by atoms with Crippen molar-refractivity contribution in [1.29, 1.82) is 0 Å². The summed E-state index contributed by atoms with van der Waals surface area (Å²) in [6.45, 7) is 2.58. The first-order chi connectivity index (χ1) is 11.1. The standard InChI is InChI=1S/C18H21NO3S/c1-18(21,14-7-9-23-11-14)12-19-17(20)10-13-6-8-22-16-5-3-2-4-15(13)16/h2-5,7,9,11,13,21H,6,8,10,12H2,1H3,(H,19,20). The van der Waals surface area contributed by atoms with Crippen molar-refractivity contribution in [3.63, 3.8) is 0 Å². The highest BCUT2D eigenvalue weighted by atomic mass is 32.1. The Morgan fingerprint density at radius 1 is 1.43 bits per heavy atom. The quantitative estimate of drug-likeness (QED) is 0.885. The minimum absolute atomic E-state index is 0.0396. The zero-order valence-electron chi connectivity index (χ0n) is 13.1. The van der Waals surface area contributed by atoms with Crippen molar-refractivity contribution in [2.24, 2.45) is 0 Å². The molecule has 0 radical (unpaired) electrons. The average molecular weight is 331 g/mol. The Morgan fingerprint density at radius 3 is 3.04 bits per heavy atom. The molecule has 2 unspecified atom stereocenters. The molecule has 0 saturated heterocycles. The maximum atomic E-state index is 12.3. The van der Waals surface area contributed by atoms with Crippen molar-refractivity contribution in [1.82, 2.24) is 5.32 Å². The summed E-state index contributed by atoms with van der Waals surface area (Å²) in [6.07, 6.45) is 1.26. The molecule has 1 aliphatic heterocycles. The molecule has 2 N–H and O–H groups in total. The fraction of sp³-hybridized carbons (Fsp3) is 0.389. The van der Waals surface area contributed by atoms with Crippen LogP contribution in [0.5, 0.6) is 5.75 Å². The lowest BCUT2D eigenvalue weighted by Gasteiger charge is -2.27. The van der Waals surface area contributed by atoms with Gasteiger partial charge in [0.2, 0.25) is 5.91 Å². The predicted molar refractivity (Wildman–Crippen MR) is 90.8 cm³/mol. The molecule has 2 aromatic rings. The van der Waals surface area contributed by atoms with Crippen LogP contribution < -0.4 is 10.1 Å². The van der Waals surface area contributed by atoms with Gasteiger partial charge in [0.15, 0.2) is 0 Å². The molecule has 122 valence electrons. The predicted octanol–water partition coefficient (Wildman–Crippen LogP) is 3.03. The van der Waals surface area contributed by atoms with Gasteiger partial charge in [-0.25, -0.2) is 0 Å². The summed E-state index contributed by atoms with van der Waals surface area (Å²) in [4.78, 5) is 12.3. The first-order valence-electron chi connectivity index (χ1n) is 7.80. The third-order valence-electron chi connectivity index (χ3n) is 4.29. The van der Waals surface area contributed by atoms with E-state index in [1.165, 1.54) is 11.3 Å². The summed E-state index contributed by atoms with van der Waals surface area (Å²) in [7, 11) is 0. The molecule has 1 aromatic carbocycles. The molecule has 2 heterocycles. The third kappa shape index (κ3) is 3.74. The number of nitrogens with one attached hydrogen (secondary N) is 1. The summed E-state index contributed by atoms with van der Waals surface area (Å²) in [5.74, 6) is 1.01. The van der Waals surface area contributed by atoms with Crippen molar-refractivity contribution in [2.45, 2.75) is 31.3 Å². The Morgan fingerprint density at radius 2 is 2.26 bits per heavy atom. The number of rotatable bonds is 5. The van der Waals surface area contributed by atoms with Crippen LogP contribution in [0.3, 0.4) is 0 Å². The summed E-state index contributed by atoms with van der Waals surface area (Å²) < 4.78 is 5.63. The number of fused-ring (bicyclic) bond motifs is 1. The SMILES string of the molecule is CC(O)(CNC(=O)CC1CCOc2ccccc21)c1ccsc1. The van der Waals surface area contributed by atoms with Crippen LogP contribution in [0, 0.1) is 0 Å². The van der Waals surface area contributed by atoms with Gasteiger partial charge in [-0.3, -0.25) is 4.79 Å². The molecule has 0 saturated carbocycles. The zero-order chi connectivity index (χ0) is 16.3. The Labute approximate surface area is 140 Å². The van der Waals surface area contributed by atoms with E-state index in [1.54, 1.807) is 6.92 Å². The summed E-state index contributed by atoms with van der Waals surface area (Å²) in [5, 5.41) is 17.1. The van der Waals surface area contributed by atoms with Crippen LogP contribution >= 0.6 is 11.3 Å². The Hall–Kier alpha value is -1.85. The van der Waals surface area contributed by atoms with Gasteiger partial charge in [-0.05, 0) is 53.3 Å². The minimum Gasteiger partial charge on any atom is -0.493 e. The van der Waals surface area contributed by atoms with E-state index in [-0.39, 0.29) is 18.4 Å². The van der Waals surface area contributed by atoms with Crippen LogP contribution in [0.1, 0.15) is 36.8 Å². The van der Waals surface area contributed by atoms with E-state index < -0.39 is 5.60 Å². The fourth-order valence-corrected chi connectivity index (χ4v) is 3.65. The Balaban J connectivity index is 1.58. The lowest BCUT2D eigenvalue weighted by atomic mass is 9.90. The van der Waals surface area contributed by atoms with Gasteiger partial charge in [-0.15, -0.1) is 0 Å². The topological polar surface area (TPSA) is 58.6 Å². The highest BCUT2D eigenvalue weighted by Crippen LogP contribution is 2.35. The van der Waals surface area contributed by atoms with Crippen LogP contribution in [0.25, 0.3) is 0 Å². The molecular formula is C18H21NO3S. The van der Waals surface area contributed by atoms with Crippen LogP contribution in [0.2, 0.25) is 0 Å². The number of amides is 1. The van der Waals surface area contributed by atoms with Crippen molar-refractivity contribution in [3.05, 3.63) is 52.2 Å². The van der Waals surface area contributed by atoms with Crippen molar-refractivity contribution in [3.8, 4) is 5.75 Å². The molecule has 1 aromatic heterocycles. The number of hydrogen-bond donors (Lipinski definition) is 2. The Bertz CT molecular complexity index is 667. The van der Waals surface area contributed by atoms with Gasteiger partial charge in [-0.1, -0.05) is 18.2 Å². The van der Waals surface area contributed by atoms with Gasteiger partial charge < -0.3 is 15.2 Å². The van der Waals surface area contributed by atoms with Gasteiger partial charge in [0.05, 0.1) is 13.2 Å². The number of ether oxygens (including phenoxy) is 1. The molecule has 4 nitrogen and oxygen atoms in total. The summed E-state index contributed by atoms with van der Waals surface area (Å²) in [6, 6.07) is 9.76. The molecule has 1 amide bonds. The van der Waals surface area contributed by atoms with Gasteiger partial charge in [0, 0.05) is 6.42 Å². The molecule has 0 fully saturated rings. The maximum absolute atomic E-state index is 12.3. The van der Waals surface area contributed by atoms with Gasteiger partial charge >= 0.3 is 0 Å². The number of benzene rings is 1. The second-order valence-electron chi connectivity index (χ2n) is 6.14. The third-order valence-corrected chi connectivity index (χ3v) is 4.97. The number of para-hydroxylation sites is 1. The molecule has 0 spiro atoms. The molecule has 0 bridgehead atoms. The van der Waals surface area contributed by atoms with Crippen LogP contribution in [0.15, 0.2) is 41.1 Å². The van der Waals surface area contributed by atoms with Crippen LogP contribution in [-0.4, -0.2) is 24.2 Å². The van der Waals surface area contributed by atoms with Crippen molar-refractivity contribution < 1.29 is 14.6 Å². The molecule has 0 aliphatic carbocycles. The largest absolute Gasteiger partial charge is 0.493 e. The Kier molecular flexibility index (Phi) is 4.68. The second-order valence-corrected chi connectivity index (χ2v) is 6.92. The van der Waals surface area contributed by atoms with E-state index in [9.17, 15) is 9.90 Å². The maximum Gasteiger partial charge on any atom is 0.220 e. The second kappa shape index (κ2) is 6.72. The van der Waals surface area contributed by atoms with E-state index in [0.717, 1.165) is 23.3 Å². The van der Waals surface area contributed by atoms with Crippen LogP contribution in [-0.2, 0) is 10.4 Å². The lowest BCUT2D eigenvalue weighted by Crippen LogP contribution is -2.39. The minimum atomic E-state index is -1.04. The highest BCUT2D eigenvalue weighted by molar-refractivity contribution is 7.08. The van der Waals surface area contributed by atoms with E-state index in [1.807, 2.05) is 41.1 Å². The van der Waals surface area contributed by atoms with Crippen LogP contribution in [0.4, 0.5) is 0 Å². The summed E-state index contributed by atoms with van der Waals surface area (Å²) in [5.41, 5.74) is 0.890. The van der Waals surface area contributed by atoms with Gasteiger partial charge in [-0.2, -0.15) is 11.3 Å². The monoisotopic (exact) mass is 331 g/mol. The first-order valence-corrected chi connectivity index (χ1v) is 8.74.